The van der Waals surface area contributed by atoms with Gasteiger partial charge in [0.05, 0.1) is 11.1 Å². The Hall–Kier alpha value is -1.22. The number of hydrogen-bond acceptors (Lipinski definition) is 3. The fraction of sp³-hybridized carbons (Fsp3) is 0.200. The highest BCUT2D eigenvalue weighted by Crippen LogP contribution is 2.20. The van der Waals surface area contributed by atoms with Crippen LogP contribution in [0.4, 0.5) is 0 Å². The fourth-order valence-electron chi connectivity index (χ4n) is 0.897. The van der Waals surface area contributed by atoms with Gasteiger partial charge < -0.3 is 0 Å². The monoisotopic (exact) mass is 192 g/mol. The van der Waals surface area contributed by atoms with Crippen molar-refractivity contribution in [3.63, 3.8) is 0 Å². The molecule has 0 atom stereocenters. The molecular formula is C10H12N2S. The zero-order chi connectivity index (χ0) is 9.52. The lowest BCUT2D eigenvalue weighted by Crippen LogP contribution is -1.67. The summed E-state index contributed by atoms with van der Waals surface area (Å²) in [5.74, 6) is 0. The Bertz CT molecular complexity index is 316. The van der Waals surface area contributed by atoms with Crippen molar-refractivity contribution in [3.05, 3.63) is 36.5 Å². The van der Waals surface area contributed by atoms with Gasteiger partial charge in [-0.05, 0) is 17.1 Å². The van der Waals surface area contributed by atoms with E-state index in [1.807, 2.05) is 32.0 Å². The van der Waals surface area contributed by atoms with Crippen molar-refractivity contribution in [2.24, 2.45) is 0 Å². The molecular weight excluding hydrogens is 180 g/mol. The first-order valence-electron chi connectivity index (χ1n) is 4.29. The molecule has 0 N–H and O–H groups in total. The van der Waals surface area contributed by atoms with E-state index in [0.717, 1.165) is 4.88 Å². The predicted molar refractivity (Wildman–Crippen MR) is 56.7 cm³/mol. The summed E-state index contributed by atoms with van der Waals surface area (Å²) < 4.78 is 3.79. The minimum atomic E-state index is 1.12. The van der Waals surface area contributed by atoms with Gasteiger partial charge in [0.15, 0.2) is 0 Å². The molecule has 0 aliphatic heterocycles. The van der Waals surface area contributed by atoms with E-state index in [2.05, 4.69) is 21.7 Å². The van der Waals surface area contributed by atoms with Gasteiger partial charge in [0.25, 0.3) is 0 Å². The van der Waals surface area contributed by atoms with Gasteiger partial charge in [-0.3, -0.25) is 0 Å². The third-order valence-corrected chi connectivity index (χ3v) is 2.13. The molecule has 1 aromatic heterocycles. The normalized spacial score (nSPS) is 8.77. The summed E-state index contributed by atoms with van der Waals surface area (Å²) in [6.07, 6.45) is 1.78. The van der Waals surface area contributed by atoms with Crippen LogP contribution in [-0.4, -0.2) is 9.59 Å². The smallest absolute Gasteiger partial charge is 0.0753 e. The molecule has 2 aromatic rings. The highest BCUT2D eigenvalue weighted by atomic mass is 32.1. The van der Waals surface area contributed by atoms with E-state index in [-0.39, 0.29) is 0 Å². The molecule has 0 saturated heterocycles. The quantitative estimate of drug-likeness (QED) is 0.693. The van der Waals surface area contributed by atoms with Gasteiger partial charge in [-0.1, -0.05) is 48.7 Å². The summed E-state index contributed by atoms with van der Waals surface area (Å²) in [7, 11) is 0. The Kier molecular flexibility index (Phi) is 4.12. The van der Waals surface area contributed by atoms with Crippen LogP contribution in [0.2, 0.25) is 0 Å². The third-order valence-electron chi connectivity index (χ3n) is 1.42. The minimum Gasteiger partial charge on any atom is -0.146 e. The second-order valence-electron chi connectivity index (χ2n) is 2.15. The Morgan fingerprint density at radius 2 is 1.77 bits per heavy atom. The average molecular weight is 192 g/mol. The standard InChI is InChI=1S/C8H6N2S.C2H6/c1-2-4-7(5-3-1)8-6-9-10-11-8;1-2/h1-6H;1-2H3. The first-order valence-corrected chi connectivity index (χ1v) is 5.07. The highest BCUT2D eigenvalue weighted by Gasteiger charge is 1.96. The molecule has 1 heterocycles. The van der Waals surface area contributed by atoms with Gasteiger partial charge in [-0.2, -0.15) is 0 Å². The SMILES string of the molecule is CC.c1ccc(-c2cnns2)cc1. The molecule has 0 unspecified atom stereocenters. The predicted octanol–water partition coefficient (Wildman–Crippen LogP) is 3.23. The van der Waals surface area contributed by atoms with Gasteiger partial charge >= 0.3 is 0 Å². The van der Waals surface area contributed by atoms with Crippen molar-refractivity contribution < 1.29 is 0 Å². The number of benzene rings is 1. The molecule has 13 heavy (non-hydrogen) atoms. The van der Waals surface area contributed by atoms with Gasteiger partial charge in [-0.25, -0.2) is 0 Å². The van der Waals surface area contributed by atoms with Crippen LogP contribution < -0.4 is 0 Å². The minimum absolute atomic E-state index is 1.12. The van der Waals surface area contributed by atoms with Crippen LogP contribution in [-0.2, 0) is 0 Å². The third kappa shape index (κ3) is 2.63. The lowest BCUT2D eigenvalue weighted by molar-refractivity contribution is 1.16. The largest absolute Gasteiger partial charge is 0.146 e. The van der Waals surface area contributed by atoms with Crippen molar-refractivity contribution in [1.29, 1.82) is 0 Å². The second-order valence-corrected chi connectivity index (χ2v) is 2.93. The first-order chi connectivity index (χ1) is 6.47. The number of aromatic nitrogens is 2. The van der Waals surface area contributed by atoms with Gasteiger partial charge in [0, 0.05) is 0 Å². The Labute approximate surface area is 82.4 Å². The van der Waals surface area contributed by atoms with Crippen LogP contribution in [0, 0.1) is 0 Å². The van der Waals surface area contributed by atoms with Crippen LogP contribution in [0.1, 0.15) is 13.8 Å². The maximum Gasteiger partial charge on any atom is 0.0753 e. The molecule has 0 fully saturated rings. The van der Waals surface area contributed by atoms with Crippen LogP contribution in [0.5, 0.6) is 0 Å². The Morgan fingerprint density at radius 1 is 1.08 bits per heavy atom. The fourth-order valence-corrected chi connectivity index (χ4v) is 1.41. The van der Waals surface area contributed by atoms with Crippen molar-refractivity contribution in [1.82, 2.24) is 9.59 Å². The van der Waals surface area contributed by atoms with Crippen LogP contribution in [0.25, 0.3) is 10.4 Å². The molecule has 1 aromatic carbocycles. The van der Waals surface area contributed by atoms with Crippen LogP contribution in [0.3, 0.4) is 0 Å². The number of nitrogens with zero attached hydrogens (tertiary/aromatic N) is 2. The molecule has 2 rings (SSSR count). The Morgan fingerprint density at radius 3 is 2.31 bits per heavy atom. The highest BCUT2D eigenvalue weighted by molar-refractivity contribution is 7.09. The molecule has 0 bridgehead atoms. The maximum atomic E-state index is 3.79. The van der Waals surface area contributed by atoms with E-state index in [0.29, 0.717) is 0 Å². The molecule has 0 saturated carbocycles. The maximum absolute atomic E-state index is 3.79. The summed E-state index contributed by atoms with van der Waals surface area (Å²) in [5.41, 5.74) is 1.18. The molecule has 68 valence electrons. The average Bonchev–Trinajstić information content (AvgIpc) is 2.75. The summed E-state index contributed by atoms with van der Waals surface area (Å²) in [5, 5.41) is 3.77. The Balaban J connectivity index is 0.000000396. The van der Waals surface area contributed by atoms with E-state index < -0.39 is 0 Å². The van der Waals surface area contributed by atoms with Crippen molar-refractivity contribution in [2.75, 3.05) is 0 Å². The lowest BCUT2D eigenvalue weighted by atomic mass is 10.2. The summed E-state index contributed by atoms with van der Waals surface area (Å²) in [4.78, 5) is 1.12. The molecule has 0 aliphatic rings. The van der Waals surface area contributed by atoms with Crippen molar-refractivity contribution in [2.45, 2.75) is 13.8 Å². The van der Waals surface area contributed by atoms with Gasteiger partial charge in [0.2, 0.25) is 0 Å². The summed E-state index contributed by atoms with van der Waals surface area (Å²) in [6, 6.07) is 10.1. The number of hydrogen-bond donors (Lipinski definition) is 0. The first kappa shape index (κ1) is 9.86. The second kappa shape index (κ2) is 5.43. The van der Waals surface area contributed by atoms with Crippen molar-refractivity contribution in [3.8, 4) is 10.4 Å². The van der Waals surface area contributed by atoms with Crippen molar-refractivity contribution >= 4 is 11.5 Å². The summed E-state index contributed by atoms with van der Waals surface area (Å²) >= 11 is 1.41. The molecule has 3 heteroatoms. The zero-order valence-electron chi connectivity index (χ0n) is 7.77. The number of rotatable bonds is 1. The lowest BCUT2D eigenvalue weighted by Gasteiger charge is -1.91. The van der Waals surface area contributed by atoms with Crippen LogP contribution >= 0.6 is 11.5 Å². The van der Waals surface area contributed by atoms with E-state index >= 15 is 0 Å². The van der Waals surface area contributed by atoms with Gasteiger partial charge in [-0.15, -0.1) is 5.10 Å². The molecule has 0 radical (unpaired) electrons. The van der Waals surface area contributed by atoms with E-state index in [1.54, 1.807) is 6.20 Å². The van der Waals surface area contributed by atoms with E-state index in [9.17, 15) is 0 Å². The topological polar surface area (TPSA) is 25.8 Å². The summed E-state index contributed by atoms with van der Waals surface area (Å²) in [6.45, 7) is 4.00. The van der Waals surface area contributed by atoms with Crippen LogP contribution in [0.15, 0.2) is 36.5 Å². The van der Waals surface area contributed by atoms with E-state index in [1.165, 1.54) is 17.1 Å². The molecule has 0 aliphatic carbocycles. The zero-order valence-corrected chi connectivity index (χ0v) is 8.58. The molecule has 0 spiro atoms. The van der Waals surface area contributed by atoms with Gasteiger partial charge in [0.1, 0.15) is 0 Å². The molecule has 0 amide bonds. The molecule has 2 nitrogen and oxygen atoms in total. The van der Waals surface area contributed by atoms with E-state index in [4.69, 9.17) is 0 Å².